The topological polar surface area (TPSA) is 50.7 Å². The smallest absolute Gasteiger partial charge is 0.127 e. The van der Waals surface area contributed by atoms with Crippen molar-refractivity contribution in [2.24, 2.45) is 0 Å². The summed E-state index contributed by atoms with van der Waals surface area (Å²) in [6, 6.07) is 13.9. The number of rotatable bonds is 6. The lowest BCUT2D eigenvalue weighted by molar-refractivity contribution is 0.137. The molecule has 0 fully saturated rings. The van der Waals surface area contributed by atoms with Gasteiger partial charge in [-0.15, -0.1) is 0 Å². The summed E-state index contributed by atoms with van der Waals surface area (Å²) in [6.07, 6.45) is 0.926. The average Bonchev–Trinajstić information content (AvgIpc) is 2.90. The number of ether oxygens (including phenoxy) is 2. The van der Waals surface area contributed by atoms with Crippen molar-refractivity contribution in [2.45, 2.75) is 38.5 Å². The van der Waals surface area contributed by atoms with Gasteiger partial charge in [-0.3, -0.25) is 0 Å². The zero-order valence-electron chi connectivity index (χ0n) is 14.5. The Morgan fingerprint density at radius 3 is 2.79 bits per heavy atom. The molecule has 3 rings (SSSR count). The molecular weight excluding hydrogens is 302 g/mol. The number of nitrogens with one attached hydrogen (secondary N) is 1. The summed E-state index contributed by atoms with van der Waals surface area (Å²) in [5.74, 6) is 1.77. The summed E-state index contributed by atoms with van der Waals surface area (Å²) in [5, 5.41) is 13.2. The van der Waals surface area contributed by atoms with Gasteiger partial charge in [0.15, 0.2) is 0 Å². The first kappa shape index (κ1) is 16.8. The van der Waals surface area contributed by atoms with Crippen LogP contribution in [0.15, 0.2) is 42.5 Å². The van der Waals surface area contributed by atoms with Crippen molar-refractivity contribution in [1.29, 1.82) is 0 Å². The normalized spacial score (nSPS) is 16.3. The molecule has 128 valence electrons. The Morgan fingerprint density at radius 2 is 2.04 bits per heavy atom. The van der Waals surface area contributed by atoms with E-state index in [-0.39, 0.29) is 18.2 Å². The Hall–Kier alpha value is -2.04. The maximum Gasteiger partial charge on any atom is 0.127 e. The van der Waals surface area contributed by atoms with E-state index in [1.54, 1.807) is 7.11 Å². The number of benzene rings is 2. The van der Waals surface area contributed by atoms with Crippen LogP contribution in [-0.4, -0.2) is 24.4 Å². The summed E-state index contributed by atoms with van der Waals surface area (Å²) in [5.41, 5.74) is 3.23. The molecule has 1 atom stereocenters. The van der Waals surface area contributed by atoms with Gasteiger partial charge in [0.25, 0.3) is 0 Å². The fourth-order valence-corrected chi connectivity index (χ4v) is 3.20. The van der Waals surface area contributed by atoms with E-state index in [4.69, 9.17) is 9.47 Å². The van der Waals surface area contributed by atoms with Gasteiger partial charge in [0.2, 0.25) is 0 Å². The van der Waals surface area contributed by atoms with Crippen LogP contribution in [0.25, 0.3) is 0 Å². The maximum atomic E-state index is 9.76. The summed E-state index contributed by atoms with van der Waals surface area (Å²) in [7, 11) is 1.65. The van der Waals surface area contributed by atoms with E-state index in [1.165, 1.54) is 5.56 Å². The molecule has 0 saturated heterocycles. The first-order chi connectivity index (χ1) is 11.5. The van der Waals surface area contributed by atoms with E-state index in [2.05, 4.69) is 37.4 Å². The third-order valence-electron chi connectivity index (χ3n) is 4.39. The Labute approximate surface area is 143 Å². The number of hydrogen-bond acceptors (Lipinski definition) is 4. The van der Waals surface area contributed by atoms with Gasteiger partial charge in [-0.05, 0) is 37.1 Å². The second-order valence-electron chi connectivity index (χ2n) is 6.84. The summed E-state index contributed by atoms with van der Waals surface area (Å²) >= 11 is 0. The van der Waals surface area contributed by atoms with Crippen LogP contribution in [0.2, 0.25) is 0 Å². The third-order valence-corrected chi connectivity index (χ3v) is 4.39. The average molecular weight is 327 g/mol. The molecule has 24 heavy (non-hydrogen) atoms. The molecule has 2 aromatic rings. The van der Waals surface area contributed by atoms with Crippen LogP contribution in [0.3, 0.4) is 0 Å². The first-order valence-corrected chi connectivity index (χ1v) is 8.30. The van der Waals surface area contributed by atoms with Crippen molar-refractivity contribution in [2.75, 3.05) is 13.7 Å². The summed E-state index contributed by atoms with van der Waals surface area (Å²) < 4.78 is 11.4. The fraction of sp³-hybridized carbons (Fsp3) is 0.400. The molecule has 1 unspecified atom stereocenters. The number of fused-ring (bicyclic) bond motifs is 1. The highest BCUT2D eigenvalue weighted by atomic mass is 16.5. The molecule has 1 heterocycles. The Morgan fingerprint density at radius 1 is 1.25 bits per heavy atom. The zero-order valence-corrected chi connectivity index (χ0v) is 14.5. The lowest BCUT2D eigenvalue weighted by Gasteiger charge is -2.20. The minimum atomic E-state index is -0.151. The highest BCUT2D eigenvalue weighted by Crippen LogP contribution is 2.37. The predicted molar refractivity (Wildman–Crippen MR) is 94.5 cm³/mol. The van der Waals surface area contributed by atoms with E-state index in [1.807, 2.05) is 24.3 Å². The number of para-hydroxylation sites is 1. The molecule has 0 radical (unpaired) electrons. The maximum absolute atomic E-state index is 9.76. The van der Waals surface area contributed by atoms with Crippen LogP contribution in [0.1, 0.15) is 36.6 Å². The van der Waals surface area contributed by atoms with Gasteiger partial charge in [-0.1, -0.05) is 30.3 Å². The van der Waals surface area contributed by atoms with Crippen LogP contribution < -0.4 is 14.8 Å². The molecule has 0 aliphatic carbocycles. The molecule has 1 aliphatic heterocycles. The largest absolute Gasteiger partial charge is 0.497 e. The van der Waals surface area contributed by atoms with Gasteiger partial charge in [-0.25, -0.2) is 0 Å². The predicted octanol–water partition coefficient (Wildman–Crippen LogP) is 3.23. The Balaban J connectivity index is 1.74. The van der Waals surface area contributed by atoms with Gasteiger partial charge in [0, 0.05) is 18.5 Å². The van der Waals surface area contributed by atoms with Crippen LogP contribution in [-0.2, 0) is 13.0 Å². The van der Waals surface area contributed by atoms with E-state index < -0.39 is 0 Å². The standard InChI is InChI=1S/C20H25NO3/c1-20(2)11-15-7-4-8-16(19(15)24-20)12-21-18(13-22)14-6-5-9-17(10-14)23-3/h4-10,18,21-22H,11-13H2,1-3H3. The third kappa shape index (κ3) is 3.55. The van der Waals surface area contributed by atoms with Gasteiger partial charge in [0.1, 0.15) is 17.1 Å². The van der Waals surface area contributed by atoms with Crippen molar-refractivity contribution in [3.05, 3.63) is 59.2 Å². The van der Waals surface area contributed by atoms with Crippen molar-refractivity contribution in [3.8, 4) is 11.5 Å². The zero-order chi connectivity index (χ0) is 17.2. The van der Waals surface area contributed by atoms with Crippen LogP contribution >= 0.6 is 0 Å². The number of aliphatic hydroxyl groups excluding tert-OH is 1. The van der Waals surface area contributed by atoms with Crippen molar-refractivity contribution < 1.29 is 14.6 Å². The summed E-state index contributed by atoms with van der Waals surface area (Å²) in [4.78, 5) is 0. The van der Waals surface area contributed by atoms with E-state index >= 15 is 0 Å². The minimum Gasteiger partial charge on any atom is -0.497 e. The van der Waals surface area contributed by atoms with Gasteiger partial charge < -0.3 is 19.9 Å². The monoisotopic (exact) mass is 327 g/mol. The molecule has 0 saturated carbocycles. The minimum absolute atomic E-state index is 0.0224. The number of methoxy groups -OCH3 is 1. The van der Waals surface area contributed by atoms with Crippen LogP contribution in [0.4, 0.5) is 0 Å². The van der Waals surface area contributed by atoms with E-state index in [0.29, 0.717) is 6.54 Å². The lowest BCUT2D eigenvalue weighted by Crippen LogP contribution is -2.26. The molecule has 1 aliphatic rings. The number of aliphatic hydroxyl groups is 1. The molecule has 0 amide bonds. The molecule has 4 heteroatoms. The number of hydrogen-bond donors (Lipinski definition) is 2. The lowest BCUT2D eigenvalue weighted by atomic mass is 10.0. The summed E-state index contributed by atoms with van der Waals surface area (Å²) in [6.45, 7) is 4.88. The Bertz CT molecular complexity index is 712. The highest BCUT2D eigenvalue weighted by Gasteiger charge is 2.31. The second-order valence-corrected chi connectivity index (χ2v) is 6.84. The highest BCUT2D eigenvalue weighted by molar-refractivity contribution is 5.45. The van der Waals surface area contributed by atoms with Gasteiger partial charge in [-0.2, -0.15) is 0 Å². The van der Waals surface area contributed by atoms with Gasteiger partial charge in [0.05, 0.1) is 19.8 Å². The van der Waals surface area contributed by atoms with Crippen molar-refractivity contribution in [1.82, 2.24) is 5.32 Å². The molecule has 0 spiro atoms. The second kappa shape index (κ2) is 6.83. The molecule has 4 nitrogen and oxygen atoms in total. The van der Waals surface area contributed by atoms with E-state index in [0.717, 1.165) is 29.0 Å². The Kier molecular flexibility index (Phi) is 4.78. The fourth-order valence-electron chi connectivity index (χ4n) is 3.20. The molecular formula is C20H25NO3. The quantitative estimate of drug-likeness (QED) is 0.855. The van der Waals surface area contributed by atoms with Gasteiger partial charge >= 0.3 is 0 Å². The van der Waals surface area contributed by atoms with E-state index in [9.17, 15) is 5.11 Å². The molecule has 0 aromatic heterocycles. The SMILES string of the molecule is COc1cccc(C(CO)NCc2cccc3c2OC(C)(C)C3)c1. The van der Waals surface area contributed by atoms with Crippen LogP contribution in [0, 0.1) is 0 Å². The molecule has 0 bridgehead atoms. The first-order valence-electron chi connectivity index (χ1n) is 8.30. The van der Waals surface area contributed by atoms with Crippen molar-refractivity contribution in [3.63, 3.8) is 0 Å². The van der Waals surface area contributed by atoms with Crippen molar-refractivity contribution >= 4 is 0 Å². The van der Waals surface area contributed by atoms with Crippen LogP contribution in [0.5, 0.6) is 11.5 Å². The molecule has 2 N–H and O–H groups in total. The molecule has 2 aromatic carbocycles.